The van der Waals surface area contributed by atoms with E-state index in [-0.39, 0.29) is 47.0 Å². The van der Waals surface area contributed by atoms with E-state index in [2.05, 4.69) is 13.2 Å². The van der Waals surface area contributed by atoms with Crippen molar-refractivity contribution in [3.05, 3.63) is 168 Å². The van der Waals surface area contributed by atoms with Crippen LogP contribution in [0.3, 0.4) is 0 Å². The van der Waals surface area contributed by atoms with E-state index in [9.17, 15) is 28.8 Å². The third-order valence-corrected chi connectivity index (χ3v) is 9.39. The number of ether oxygens (including phenoxy) is 7. The Labute approximate surface area is 371 Å². The molecule has 0 unspecified atom stereocenters. The summed E-state index contributed by atoms with van der Waals surface area (Å²) in [5.74, 6) is -0.997. The molecule has 13 nitrogen and oxygen atoms in total. The van der Waals surface area contributed by atoms with Gasteiger partial charge in [0.05, 0.1) is 24.3 Å². The summed E-state index contributed by atoms with van der Waals surface area (Å²) in [6, 6.07) is 30.8. The predicted molar refractivity (Wildman–Crippen MR) is 236 cm³/mol. The molecule has 0 bridgehead atoms. The average molecular weight is 869 g/mol. The highest BCUT2D eigenvalue weighted by atomic mass is 16.6. The van der Waals surface area contributed by atoms with Crippen molar-refractivity contribution in [1.82, 2.24) is 0 Å². The molecule has 0 heterocycles. The molecule has 5 aromatic carbocycles. The van der Waals surface area contributed by atoms with Crippen LogP contribution in [0.4, 0.5) is 0 Å². The summed E-state index contributed by atoms with van der Waals surface area (Å²) in [5.41, 5.74) is 2.80. The van der Waals surface area contributed by atoms with Crippen LogP contribution >= 0.6 is 0 Å². The van der Waals surface area contributed by atoms with Gasteiger partial charge in [0.15, 0.2) is 0 Å². The van der Waals surface area contributed by atoms with E-state index in [0.29, 0.717) is 37.4 Å². The lowest BCUT2D eigenvalue weighted by molar-refractivity contribution is -0.138. The maximum atomic E-state index is 12.9. The summed E-state index contributed by atoms with van der Waals surface area (Å²) in [6.07, 6.45) is 6.93. The summed E-state index contributed by atoms with van der Waals surface area (Å²) in [6.45, 7) is 9.38. The summed E-state index contributed by atoms with van der Waals surface area (Å²) in [5, 5.41) is 0. The normalized spacial score (nSPS) is 10.5. The molecule has 0 fully saturated rings. The predicted octanol–water partition coefficient (Wildman–Crippen LogP) is 9.27. The van der Waals surface area contributed by atoms with Gasteiger partial charge >= 0.3 is 35.8 Å². The van der Waals surface area contributed by atoms with E-state index in [1.807, 2.05) is 24.3 Å². The van der Waals surface area contributed by atoms with Gasteiger partial charge in [0.2, 0.25) is 0 Å². The third kappa shape index (κ3) is 15.9. The van der Waals surface area contributed by atoms with Crippen molar-refractivity contribution in [2.45, 2.75) is 58.3 Å². The van der Waals surface area contributed by atoms with Gasteiger partial charge in [0, 0.05) is 25.0 Å². The largest absolute Gasteiger partial charge is 0.494 e. The van der Waals surface area contributed by atoms with E-state index in [0.717, 1.165) is 54.7 Å². The third-order valence-electron chi connectivity index (χ3n) is 9.39. The van der Waals surface area contributed by atoms with Gasteiger partial charge in [0.25, 0.3) is 0 Å². The summed E-state index contributed by atoms with van der Waals surface area (Å²) in [7, 11) is 0. The molecule has 0 aliphatic carbocycles. The van der Waals surface area contributed by atoms with E-state index < -0.39 is 35.8 Å². The fraction of sp³-hybridized carbons (Fsp3) is 0.216. The number of esters is 6. The number of carbonyl (C=O) groups is 6. The highest BCUT2D eigenvalue weighted by Gasteiger charge is 2.15. The van der Waals surface area contributed by atoms with Crippen LogP contribution in [0.25, 0.3) is 0 Å². The van der Waals surface area contributed by atoms with Crippen LogP contribution < -0.4 is 28.4 Å². The number of hydrogen-bond acceptors (Lipinski definition) is 13. The van der Waals surface area contributed by atoms with Crippen molar-refractivity contribution in [3.63, 3.8) is 0 Å². The minimum Gasteiger partial charge on any atom is -0.494 e. The molecule has 5 rings (SSSR count). The first kappa shape index (κ1) is 47.3. The van der Waals surface area contributed by atoms with Gasteiger partial charge in [0.1, 0.15) is 34.5 Å². The smallest absolute Gasteiger partial charge is 0.343 e. The molecule has 0 aliphatic heterocycles. The van der Waals surface area contributed by atoms with Gasteiger partial charge in [-0.15, -0.1) is 0 Å². The fourth-order valence-corrected chi connectivity index (χ4v) is 5.91. The second-order valence-corrected chi connectivity index (χ2v) is 14.3. The standard InChI is InChI=1S/C51H48O13/c1-4-46(52)59-33-9-7-6-8-32-58-40-20-10-36(11-21-40)14-30-48(54)61-42-24-16-38(17-25-42)50(56)63-44-28-29-45(35(3)34-44)64-51(57)39-18-26-43(27-19-39)62-49(55)31-15-37-12-22-41(23-13-37)60-47(53)5-2/h4-5,10-13,16-29,34H,1-2,6-9,14-15,30-33H2,3H3. The van der Waals surface area contributed by atoms with Crippen LogP contribution in [-0.4, -0.2) is 49.0 Å². The minimum atomic E-state index is -0.642. The molecule has 0 aromatic heterocycles. The van der Waals surface area contributed by atoms with E-state index in [1.165, 1.54) is 60.7 Å². The summed E-state index contributed by atoms with van der Waals surface area (Å²) in [4.78, 5) is 73.1. The van der Waals surface area contributed by atoms with Gasteiger partial charge in [-0.05, 0) is 153 Å². The van der Waals surface area contributed by atoms with Crippen LogP contribution in [0.2, 0.25) is 0 Å². The Balaban J connectivity index is 0.986. The van der Waals surface area contributed by atoms with E-state index >= 15 is 0 Å². The molecule has 0 saturated heterocycles. The minimum absolute atomic E-state index is 0.101. The second-order valence-electron chi connectivity index (χ2n) is 14.3. The number of hydrogen-bond donors (Lipinski definition) is 0. The lowest BCUT2D eigenvalue weighted by Crippen LogP contribution is -2.12. The highest BCUT2D eigenvalue weighted by molar-refractivity contribution is 5.92. The van der Waals surface area contributed by atoms with Crippen LogP contribution in [0.1, 0.15) is 75.9 Å². The topological polar surface area (TPSA) is 167 Å². The second kappa shape index (κ2) is 24.6. The molecular formula is C51H48O13. The molecule has 0 spiro atoms. The van der Waals surface area contributed by atoms with Crippen LogP contribution in [0.5, 0.6) is 34.5 Å². The quantitative estimate of drug-likeness (QED) is 0.0264. The number of unbranched alkanes of at least 4 members (excludes halogenated alkanes) is 3. The Bertz CT molecular complexity index is 2400. The van der Waals surface area contributed by atoms with Crippen LogP contribution in [0.15, 0.2) is 141 Å². The Morgan fingerprint density at radius 2 is 0.922 bits per heavy atom. The van der Waals surface area contributed by atoms with Gasteiger partial charge in [-0.2, -0.15) is 0 Å². The maximum absolute atomic E-state index is 12.9. The SMILES string of the molecule is C=CC(=O)OCCCCCCOc1ccc(CCC(=O)Oc2ccc(C(=O)Oc3ccc(OC(=O)c4ccc(OC(=O)CCc5ccc(OC(=O)C=C)cc5)cc4)c(C)c3)cc2)cc1. The molecule has 13 heteroatoms. The summed E-state index contributed by atoms with van der Waals surface area (Å²) < 4.78 is 37.8. The molecule has 5 aromatic rings. The highest BCUT2D eigenvalue weighted by Crippen LogP contribution is 2.26. The molecule has 0 radical (unpaired) electrons. The molecule has 330 valence electrons. The molecule has 0 atom stereocenters. The number of benzene rings is 5. The first-order valence-electron chi connectivity index (χ1n) is 20.6. The molecule has 0 amide bonds. The molecular weight excluding hydrogens is 821 g/mol. The molecule has 64 heavy (non-hydrogen) atoms. The molecule has 0 aliphatic rings. The Morgan fingerprint density at radius 3 is 1.44 bits per heavy atom. The average Bonchev–Trinajstić information content (AvgIpc) is 3.30. The Morgan fingerprint density at radius 1 is 0.469 bits per heavy atom. The van der Waals surface area contributed by atoms with Crippen molar-refractivity contribution in [1.29, 1.82) is 0 Å². The monoisotopic (exact) mass is 868 g/mol. The summed E-state index contributed by atoms with van der Waals surface area (Å²) >= 11 is 0. The van der Waals surface area contributed by atoms with Crippen molar-refractivity contribution in [2.75, 3.05) is 13.2 Å². The maximum Gasteiger partial charge on any atom is 0.343 e. The van der Waals surface area contributed by atoms with Gasteiger partial charge in [-0.1, -0.05) is 37.4 Å². The van der Waals surface area contributed by atoms with E-state index in [4.69, 9.17) is 33.2 Å². The lowest BCUT2D eigenvalue weighted by Gasteiger charge is -2.11. The van der Waals surface area contributed by atoms with E-state index in [1.54, 1.807) is 37.3 Å². The first-order chi connectivity index (χ1) is 31.0. The van der Waals surface area contributed by atoms with Crippen LogP contribution in [0, 0.1) is 6.92 Å². The number of rotatable bonds is 23. The zero-order chi connectivity index (χ0) is 45.7. The molecule has 0 saturated carbocycles. The van der Waals surface area contributed by atoms with Gasteiger partial charge < -0.3 is 33.2 Å². The van der Waals surface area contributed by atoms with Crippen molar-refractivity contribution < 1.29 is 61.9 Å². The number of aryl methyl sites for hydroxylation is 3. The fourth-order valence-electron chi connectivity index (χ4n) is 5.91. The lowest BCUT2D eigenvalue weighted by atomic mass is 10.1. The van der Waals surface area contributed by atoms with Gasteiger partial charge in [-0.3, -0.25) is 9.59 Å². The van der Waals surface area contributed by atoms with Crippen molar-refractivity contribution in [2.24, 2.45) is 0 Å². The zero-order valence-electron chi connectivity index (χ0n) is 35.4. The zero-order valence-corrected chi connectivity index (χ0v) is 35.4. The Hall–Kier alpha value is -7.80. The first-order valence-corrected chi connectivity index (χ1v) is 20.6. The molecule has 0 N–H and O–H groups in total. The van der Waals surface area contributed by atoms with Crippen LogP contribution in [-0.2, 0) is 36.8 Å². The Kier molecular flexibility index (Phi) is 18.2. The number of carbonyl (C=O) groups excluding carboxylic acids is 6. The van der Waals surface area contributed by atoms with Crippen molar-refractivity contribution >= 4 is 35.8 Å². The van der Waals surface area contributed by atoms with Gasteiger partial charge in [-0.25, -0.2) is 19.2 Å². The van der Waals surface area contributed by atoms with Crippen molar-refractivity contribution in [3.8, 4) is 34.5 Å².